The number of ether oxygens (including phenoxy) is 2. The number of amides is 1. The van der Waals surface area contributed by atoms with E-state index in [4.69, 9.17) is 13.9 Å². The molecule has 1 N–H and O–H groups in total. The van der Waals surface area contributed by atoms with Crippen molar-refractivity contribution in [3.05, 3.63) is 89.4 Å². The molecule has 33 heavy (non-hydrogen) atoms. The fourth-order valence-electron chi connectivity index (χ4n) is 2.94. The molecular weight excluding hydrogens is 420 g/mol. The molecule has 7 heteroatoms. The zero-order valence-electron chi connectivity index (χ0n) is 18.8. The highest BCUT2D eigenvalue weighted by molar-refractivity contribution is 5.89. The van der Waals surface area contributed by atoms with E-state index in [0.29, 0.717) is 22.8 Å². The number of aryl methyl sites for hydroxylation is 1. The normalized spacial score (nSPS) is 11.3. The molecule has 0 bridgehead atoms. The second kappa shape index (κ2) is 11.5. The van der Waals surface area contributed by atoms with Crippen LogP contribution in [0.3, 0.4) is 0 Å². The molecule has 1 heterocycles. The quantitative estimate of drug-likeness (QED) is 0.167. The molecule has 0 aliphatic heterocycles. The van der Waals surface area contributed by atoms with Crippen molar-refractivity contribution in [3.63, 3.8) is 0 Å². The van der Waals surface area contributed by atoms with E-state index in [1.54, 1.807) is 36.4 Å². The first kappa shape index (κ1) is 23.5. The van der Waals surface area contributed by atoms with Crippen molar-refractivity contribution < 1.29 is 23.5 Å². The minimum atomic E-state index is -0.539. The molecule has 0 aliphatic rings. The minimum Gasteiger partial charge on any atom is -0.483 e. The van der Waals surface area contributed by atoms with Crippen LogP contribution in [0, 0.1) is 6.92 Å². The number of esters is 1. The molecule has 1 aromatic heterocycles. The molecule has 0 saturated carbocycles. The number of carbonyl (C=O) groups is 2. The van der Waals surface area contributed by atoms with Gasteiger partial charge in [-0.3, -0.25) is 4.79 Å². The van der Waals surface area contributed by atoms with Gasteiger partial charge in [0.1, 0.15) is 17.3 Å². The summed E-state index contributed by atoms with van der Waals surface area (Å²) in [7, 11) is 0. The predicted molar refractivity (Wildman–Crippen MR) is 126 cm³/mol. The number of furan rings is 1. The Bertz CT molecular complexity index is 1150. The van der Waals surface area contributed by atoms with Gasteiger partial charge in [-0.1, -0.05) is 38.1 Å². The van der Waals surface area contributed by atoms with E-state index < -0.39 is 5.97 Å². The Hall–Kier alpha value is -4.13. The van der Waals surface area contributed by atoms with Crippen molar-refractivity contribution >= 4 is 24.2 Å². The molecule has 0 aliphatic carbocycles. The van der Waals surface area contributed by atoms with Crippen LogP contribution in [0.15, 0.2) is 76.5 Å². The maximum absolute atomic E-state index is 12.1. The van der Waals surface area contributed by atoms with Crippen LogP contribution in [0.4, 0.5) is 0 Å². The van der Waals surface area contributed by atoms with Crippen LogP contribution in [0.25, 0.3) is 6.08 Å². The number of benzene rings is 2. The second-order valence-electron chi connectivity index (χ2n) is 7.62. The van der Waals surface area contributed by atoms with Gasteiger partial charge in [-0.25, -0.2) is 10.2 Å². The van der Waals surface area contributed by atoms with Crippen LogP contribution in [0.1, 0.15) is 42.2 Å². The Labute approximate surface area is 192 Å². The monoisotopic (exact) mass is 446 g/mol. The highest BCUT2D eigenvalue weighted by Gasteiger charge is 2.10. The van der Waals surface area contributed by atoms with E-state index in [1.807, 2.05) is 25.1 Å². The first-order valence-electron chi connectivity index (χ1n) is 10.5. The molecule has 0 saturated heterocycles. The molecule has 0 radical (unpaired) electrons. The molecule has 3 aromatic rings. The van der Waals surface area contributed by atoms with Crippen molar-refractivity contribution in [2.24, 2.45) is 5.10 Å². The lowest BCUT2D eigenvalue weighted by Gasteiger charge is -2.14. The van der Waals surface area contributed by atoms with Gasteiger partial charge in [0.25, 0.3) is 5.91 Å². The molecule has 0 atom stereocenters. The van der Waals surface area contributed by atoms with Crippen LogP contribution in [-0.4, -0.2) is 24.7 Å². The van der Waals surface area contributed by atoms with Gasteiger partial charge in [-0.15, -0.1) is 0 Å². The first-order valence-corrected chi connectivity index (χ1v) is 10.5. The van der Waals surface area contributed by atoms with Gasteiger partial charge >= 0.3 is 5.97 Å². The van der Waals surface area contributed by atoms with Gasteiger partial charge in [0, 0.05) is 6.08 Å². The number of hydrogen-bond donors (Lipinski definition) is 1. The zero-order chi connectivity index (χ0) is 23.6. The van der Waals surface area contributed by atoms with Crippen molar-refractivity contribution in [1.29, 1.82) is 0 Å². The average Bonchev–Trinajstić information content (AvgIpc) is 3.30. The zero-order valence-corrected chi connectivity index (χ0v) is 18.8. The molecule has 0 spiro atoms. The van der Waals surface area contributed by atoms with E-state index >= 15 is 0 Å². The highest BCUT2D eigenvalue weighted by Crippen LogP contribution is 2.27. The summed E-state index contributed by atoms with van der Waals surface area (Å²) >= 11 is 0. The maximum atomic E-state index is 12.1. The van der Waals surface area contributed by atoms with Crippen molar-refractivity contribution in [2.75, 3.05) is 6.61 Å². The lowest BCUT2D eigenvalue weighted by molar-refractivity contribution is -0.129. The summed E-state index contributed by atoms with van der Waals surface area (Å²) < 4.78 is 16.1. The van der Waals surface area contributed by atoms with E-state index in [9.17, 15) is 9.59 Å². The van der Waals surface area contributed by atoms with Crippen LogP contribution in [0.2, 0.25) is 0 Å². The van der Waals surface area contributed by atoms with Gasteiger partial charge < -0.3 is 13.9 Å². The summed E-state index contributed by atoms with van der Waals surface area (Å²) in [5.41, 5.74) is 5.19. The topological polar surface area (TPSA) is 90.1 Å². The van der Waals surface area contributed by atoms with Crippen LogP contribution in [0.5, 0.6) is 11.5 Å². The number of hydrogen-bond acceptors (Lipinski definition) is 6. The SMILES string of the molecule is Cc1ccc(C(C)C)c(OCC(=O)N/N=C/c2cccc(OC(=O)/C=C/c3ccco3)c2)c1. The van der Waals surface area contributed by atoms with E-state index in [2.05, 4.69) is 24.4 Å². The summed E-state index contributed by atoms with van der Waals surface area (Å²) in [6.45, 7) is 5.97. The third-order valence-corrected chi connectivity index (χ3v) is 4.56. The van der Waals surface area contributed by atoms with Gasteiger partial charge in [-0.05, 0) is 65.9 Å². The maximum Gasteiger partial charge on any atom is 0.336 e. The van der Waals surface area contributed by atoms with E-state index in [-0.39, 0.29) is 18.4 Å². The van der Waals surface area contributed by atoms with Crippen molar-refractivity contribution in [1.82, 2.24) is 5.43 Å². The van der Waals surface area contributed by atoms with Gasteiger partial charge in [0.05, 0.1) is 12.5 Å². The molecule has 7 nitrogen and oxygen atoms in total. The number of carbonyl (C=O) groups excluding carboxylic acids is 2. The number of hydrazone groups is 1. The summed E-state index contributed by atoms with van der Waals surface area (Å²) in [5.74, 6) is 0.957. The van der Waals surface area contributed by atoms with Crippen molar-refractivity contribution in [2.45, 2.75) is 26.7 Å². The van der Waals surface area contributed by atoms with E-state index in [1.165, 1.54) is 24.6 Å². The Morgan fingerprint density at radius 2 is 1.97 bits per heavy atom. The standard InChI is InChI=1S/C26H26N2O5/c1-18(2)23-11-9-19(3)14-24(23)32-17-25(29)28-27-16-20-6-4-7-22(15-20)33-26(30)12-10-21-8-5-13-31-21/h4-16,18H,17H2,1-3H3,(H,28,29)/b12-10+,27-16+. The second-order valence-corrected chi connectivity index (χ2v) is 7.62. The largest absolute Gasteiger partial charge is 0.483 e. The van der Waals surface area contributed by atoms with Gasteiger partial charge in [0.2, 0.25) is 0 Å². The smallest absolute Gasteiger partial charge is 0.336 e. The van der Waals surface area contributed by atoms with Crippen molar-refractivity contribution in [3.8, 4) is 11.5 Å². The molecule has 3 rings (SSSR count). The number of rotatable bonds is 9. The summed E-state index contributed by atoms with van der Waals surface area (Å²) in [4.78, 5) is 24.1. The lowest BCUT2D eigenvalue weighted by atomic mass is 10.0. The Morgan fingerprint density at radius 3 is 2.73 bits per heavy atom. The molecule has 170 valence electrons. The number of nitrogens with one attached hydrogen (secondary N) is 1. The lowest BCUT2D eigenvalue weighted by Crippen LogP contribution is -2.25. The Balaban J connectivity index is 1.50. The average molecular weight is 447 g/mol. The third-order valence-electron chi connectivity index (χ3n) is 4.56. The molecular formula is C26H26N2O5. The summed E-state index contributed by atoms with van der Waals surface area (Å²) in [5, 5.41) is 3.95. The fourth-order valence-corrected chi connectivity index (χ4v) is 2.94. The van der Waals surface area contributed by atoms with Crippen LogP contribution >= 0.6 is 0 Å². The van der Waals surface area contributed by atoms with Gasteiger partial charge in [-0.2, -0.15) is 5.10 Å². The fraction of sp³-hybridized carbons (Fsp3) is 0.192. The molecule has 1 amide bonds. The highest BCUT2D eigenvalue weighted by atomic mass is 16.5. The minimum absolute atomic E-state index is 0.153. The third kappa shape index (κ3) is 7.50. The summed E-state index contributed by atoms with van der Waals surface area (Å²) in [6.07, 6.45) is 5.77. The first-order chi connectivity index (χ1) is 15.9. The molecule has 0 fully saturated rings. The number of nitrogens with zero attached hydrogens (tertiary/aromatic N) is 1. The Morgan fingerprint density at radius 1 is 1.12 bits per heavy atom. The predicted octanol–water partition coefficient (Wildman–Crippen LogP) is 4.86. The van der Waals surface area contributed by atoms with Gasteiger partial charge in [0.15, 0.2) is 6.61 Å². The van der Waals surface area contributed by atoms with Crippen LogP contribution in [-0.2, 0) is 9.59 Å². The van der Waals surface area contributed by atoms with Crippen LogP contribution < -0.4 is 14.9 Å². The molecule has 2 aromatic carbocycles. The van der Waals surface area contributed by atoms with E-state index in [0.717, 1.165) is 11.1 Å². The Kier molecular flexibility index (Phi) is 8.18. The molecule has 0 unspecified atom stereocenters. The summed E-state index contributed by atoms with van der Waals surface area (Å²) in [6, 6.07) is 16.2.